The molecular weight excluding hydrogens is 626 g/mol. The first-order valence-electron chi connectivity index (χ1n) is 15.3. The summed E-state index contributed by atoms with van der Waals surface area (Å²) in [6.07, 6.45) is 2.28. The van der Waals surface area contributed by atoms with Crippen molar-refractivity contribution < 1.29 is 32.6 Å². The summed E-state index contributed by atoms with van der Waals surface area (Å²) >= 11 is 0. The Hall–Kier alpha value is -5.21. The molecule has 0 radical (unpaired) electrons. The summed E-state index contributed by atoms with van der Waals surface area (Å²) in [5.41, 5.74) is 0.819. The maximum atomic E-state index is 13.3. The topological polar surface area (TPSA) is 145 Å². The standard InChI is InChI=1S/C33H38F2N8O5/c1-19-23(15-36-16-25(19)43(30(45)47-32(2,3)4)31(46)48-33(5,6)7)24-10-20-11-27(38-14-21(20)13-37-24)39-28-12-22-8-9-41(17-26(34)35)29(44)18-42(22)40-28/h10-16,26H,8-9,17-18H2,1-7H3,(H,38,39,40). The molecule has 0 saturated heterocycles. The molecule has 1 N–H and O–H groups in total. The number of nitrogens with one attached hydrogen (secondary N) is 1. The third-order valence-corrected chi connectivity index (χ3v) is 7.21. The van der Waals surface area contributed by atoms with Gasteiger partial charge in [0.05, 0.1) is 24.1 Å². The fraction of sp³-hybridized carbons (Fsp3) is 0.424. The molecule has 0 fully saturated rings. The van der Waals surface area contributed by atoms with Crippen molar-refractivity contribution in [2.45, 2.75) is 79.1 Å². The number of halogens is 2. The number of hydrogen-bond donors (Lipinski definition) is 1. The van der Waals surface area contributed by atoms with Gasteiger partial charge in [-0.05, 0) is 71.5 Å². The van der Waals surface area contributed by atoms with Gasteiger partial charge < -0.3 is 19.7 Å². The number of amides is 3. The van der Waals surface area contributed by atoms with Gasteiger partial charge in [-0.1, -0.05) is 0 Å². The molecule has 48 heavy (non-hydrogen) atoms. The van der Waals surface area contributed by atoms with Crippen LogP contribution in [0.4, 0.5) is 35.7 Å². The minimum absolute atomic E-state index is 0.129. The Morgan fingerprint density at radius 1 is 0.938 bits per heavy atom. The van der Waals surface area contributed by atoms with Crippen LogP contribution in [0.2, 0.25) is 0 Å². The summed E-state index contributed by atoms with van der Waals surface area (Å²) in [7, 11) is 0. The van der Waals surface area contributed by atoms with E-state index >= 15 is 0 Å². The molecule has 0 aliphatic carbocycles. The van der Waals surface area contributed by atoms with Crippen LogP contribution >= 0.6 is 0 Å². The minimum Gasteiger partial charge on any atom is -0.443 e. The monoisotopic (exact) mass is 664 g/mol. The highest BCUT2D eigenvalue weighted by Gasteiger charge is 2.34. The van der Waals surface area contributed by atoms with Crippen molar-refractivity contribution in [1.29, 1.82) is 0 Å². The number of anilines is 3. The van der Waals surface area contributed by atoms with E-state index in [0.29, 0.717) is 34.9 Å². The number of aromatic nitrogens is 5. The highest BCUT2D eigenvalue weighted by molar-refractivity contribution is 6.10. The van der Waals surface area contributed by atoms with E-state index in [2.05, 4.69) is 25.4 Å². The molecule has 3 amide bonds. The van der Waals surface area contributed by atoms with Gasteiger partial charge >= 0.3 is 12.2 Å². The molecule has 0 saturated carbocycles. The quantitative estimate of drug-likeness (QED) is 0.251. The lowest BCUT2D eigenvalue weighted by Crippen LogP contribution is -2.44. The van der Waals surface area contributed by atoms with E-state index in [1.54, 1.807) is 79.2 Å². The number of carbonyl (C=O) groups excluding carboxylic acids is 3. The lowest BCUT2D eigenvalue weighted by atomic mass is 10.0. The second kappa shape index (κ2) is 13.1. The van der Waals surface area contributed by atoms with Crippen molar-refractivity contribution in [2.75, 3.05) is 23.3 Å². The highest BCUT2D eigenvalue weighted by Crippen LogP contribution is 2.32. The predicted molar refractivity (Wildman–Crippen MR) is 174 cm³/mol. The van der Waals surface area contributed by atoms with Gasteiger partial charge in [0.1, 0.15) is 23.6 Å². The summed E-state index contributed by atoms with van der Waals surface area (Å²) in [5.74, 6) is 0.517. The molecule has 1 aliphatic rings. The maximum absolute atomic E-state index is 13.3. The van der Waals surface area contributed by atoms with Crippen LogP contribution in [0.5, 0.6) is 0 Å². The largest absolute Gasteiger partial charge is 0.443 e. The number of alkyl halides is 2. The Balaban J connectivity index is 1.43. The molecule has 13 nitrogen and oxygen atoms in total. The van der Waals surface area contributed by atoms with E-state index in [1.165, 1.54) is 10.9 Å². The molecule has 15 heteroatoms. The number of ether oxygens (including phenoxy) is 2. The first-order chi connectivity index (χ1) is 22.5. The van der Waals surface area contributed by atoms with Crippen LogP contribution in [-0.2, 0) is 27.2 Å². The van der Waals surface area contributed by atoms with Crippen LogP contribution in [0.25, 0.3) is 22.0 Å². The molecule has 5 heterocycles. The molecule has 5 rings (SSSR count). The third kappa shape index (κ3) is 8.01. The Morgan fingerprint density at radius 2 is 1.60 bits per heavy atom. The van der Waals surface area contributed by atoms with Crippen LogP contribution in [0, 0.1) is 6.92 Å². The van der Waals surface area contributed by atoms with Crippen LogP contribution in [0.1, 0.15) is 52.8 Å². The smallest absolute Gasteiger partial charge is 0.424 e. The van der Waals surface area contributed by atoms with Crippen LogP contribution in [0.3, 0.4) is 0 Å². The van der Waals surface area contributed by atoms with Crippen molar-refractivity contribution in [1.82, 2.24) is 29.6 Å². The molecule has 0 aromatic carbocycles. The zero-order valence-electron chi connectivity index (χ0n) is 27.9. The Bertz CT molecular complexity index is 1840. The number of carbonyl (C=O) groups is 3. The molecule has 0 unspecified atom stereocenters. The second-order valence-corrected chi connectivity index (χ2v) is 13.4. The van der Waals surface area contributed by atoms with E-state index < -0.39 is 42.3 Å². The molecule has 0 bridgehead atoms. The predicted octanol–water partition coefficient (Wildman–Crippen LogP) is 6.27. The summed E-state index contributed by atoms with van der Waals surface area (Å²) < 4.78 is 38.3. The van der Waals surface area contributed by atoms with E-state index in [9.17, 15) is 23.2 Å². The summed E-state index contributed by atoms with van der Waals surface area (Å²) in [4.78, 5) is 54.4. The normalized spacial score (nSPS) is 13.7. The fourth-order valence-electron chi connectivity index (χ4n) is 5.09. The maximum Gasteiger partial charge on any atom is 0.424 e. The number of imide groups is 1. The number of fused-ring (bicyclic) bond motifs is 2. The van der Waals surface area contributed by atoms with Crippen LogP contribution < -0.4 is 10.2 Å². The van der Waals surface area contributed by atoms with E-state index in [-0.39, 0.29) is 18.8 Å². The van der Waals surface area contributed by atoms with Crippen molar-refractivity contribution in [2.24, 2.45) is 0 Å². The lowest BCUT2D eigenvalue weighted by molar-refractivity contribution is -0.133. The average molecular weight is 665 g/mol. The number of hydrogen-bond acceptors (Lipinski definition) is 10. The Morgan fingerprint density at radius 3 is 2.25 bits per heavy atom. The minimum atomic E-state index is -2.60. The van der Waals surface area contributed by atoms with Crippen molar-refractivity contribution in [3.05, 3.63) is 54.2 Å². The zero-order chi connectivity index (χ0) is 35.0. The Labute approximate surface area is 276 Å². The second-order valence-electron chi connectivity index (χ2n) is 13.4. The van der Waals surface area contributed by atoms with E-state index in [1.807, 2.05) is 6.07 Å². The zero-order valence-corrected chi connectivity index (χ0v) is 27.9. The van der Waals surface area contributed by atoms with Crippen molar-refractivity contribution in [3.63, 3.8) is 0 Å². The van der Waals surface area contributed by atoms with Gasteiger partial charge in [0.15, 0.2) is 5.82 Å². The molecule has 0 spiro atoms. The van der Waals surface area contributed by atoms with Gasteiger partial charge in [-0.2, -0.15) is 10.00 Å². The molecule has 4 aromatic heterocycles. The third-order valence-electron chi connectivity index (χ3n) is 7.21. The van der Waals surface area contributed by atoms with E-state index in [4.69, 9.17) is 9.47 Å². The van der Waals surface area contributed by atoms with Gasteiger partial charge in [-0.25, -0.2) is 23.4 Å². The van der Waals surface area contributed by atoms with Crippen molar-refractivity contribution >= 4 is 46.2 Å². The molecule has 0 atom stereocenters. The van der Waals surface area contributed by atoms with Gasteiger partial charge in [0.2, 0.25) is 5.91 Å². The molecule has 254 valence electrons. The number of rotatable bonds is 6. The number of pyridine rings is 3. The lowest BCUT2D eigenvalue weighted by Gasteiger charge is -2.29. The van der Waals surface area contributed by atoms with Crippen molar-refractivity contribution in [3.8, 4) is 11.3 Å². The highest BCUT2D eigenvalue weighted by atomic mass is 19.3. The van der Waals surface area contributed by atoms with Gasteiger partial charge in [0.25, 0.3) is 6.43 Å². The number of nitrogens with zero attached hydrogens (tertiary/aromatic N) is 7. The molecule has 4 aromatic rings. The summed E-state index contributed by atoms with van der Waals surface area (Å²) in [6, 6.07) is 5.41. The first-order valence-corrected chi connectivity index (χ1v) is 15.3. The van der Waals surface area contributed by atoms with E-state index in [0.717, 1.165) is 26.3 Å². The molecule has 1 aliphatic heterocycles. The first kappa shape index (κ1) is 34.1. The summed E-state index contributed by atoms with van der Waals surface area (Å²) in [6.45, 7) is 11.4. The van der Waals surface area contributed by atoms with Crippen LogP contribution in [-0.4, -0.2) is 78.4 Å². The summed E-state index contributed by atoms with van der Waals surface area (Å²) in [5, 5.41) is 9.14. The van der Waals surface area contributed by atoms with Gasteiger partial charge in [-0.15, -0.1) is 0 Å². The Kier molecular flexibility index (Phi) is 9.33. The van der Waals surface area contributed by atoms with Gasteiger partial charge in [-0.3, -0.25) is 19.4 Å². The van der Waals surface area contributed by atoms with Crippen LogP contribution in [0.15, 0.2) is 43.0 Å². The fourth-order valence-corrected chi connectivity index (χ4v) is 5.09. The average Bonchev–Trinajstić information content (AvgIpc) is 3.27. The molecular formula is C33H38F2N8O5. The SMILES string of the molecule is Cc1c(-c2cc3cc(Nc4cc5n(n4)CC(=O)N(CC(F)F)CC5)ncc3cn2)cncc1N(C(=O)OC(C)(C)C)C(=O)OC(C)(C)C. The van der Waals surface area contributed by atoms with Gasteiger partial charge in [0, 0.05) is 54.3 Å².